The van der Waals surface area contributed by atoms with Gasteiger partial charge in [-0.3, -0.25) is 0 Å². The number of thiophene rings is 1. The highest BCUT2D eigenvalue weighted by molar-refractivity contribution is 7.07. The van der Waals surface area contributed by atoms with Crippen molar-refractivity contribution in [3.63, 3.8) is 0 Å². The summed E-state index contributed by atoms with van der Waals surface area (Å²) in [5.41, 5.74) is 7.45. The number of anilines is 2. The average molecular weight is 236 g/mol. The SMILES string of the molecule is COc1ncnc(NCc2ccsc2)c1N. The van der Waals surface area contributed by atoms with Gasteiger partial charge in [0, 0.05) is 6.54 Å². The third-order valence-electron chi connectivity index (χ3n) is 2.08. The molecule has 0 bridgehead atoms. The maximum absolute atomic E-state index is 5.82. The molecule has 0 spiro atoms. The minimum absolute atomic E-state index is 0.391. The minimum atomic E-state index is 0.391. The Morgan fingerprint density at radius 1 is 1.50 bits per heavy atom. The third kappa shape index (κ3) is 2.22. The van der Waals surface area contributed by atoms with Crippen LogP contribution in [0, 0.1) is 0 Å². The zero-order chi connectivity index (χ0) is 11.4. The molecule has 0 saturated heterocycles. The number of aromatic nitrogens is 2. The van der Waals surface area contributed by atoms with E-state index in [0.29, 0.717) is 23.9 Å². The van der Waals surface area contributed by atoms with Crippen LogP contribution < -0.4 is 15.8 Å². The molecule has 5 nitrogen and oxygen atoms in total. The topological polar surface area (TPSA) is 73.1 Å². The second kappa shape index (κ2) is 4.80. The second-order valence-electron chi connectivity index (χ2n) is 3.13. The number of nitrogen functional groups attached to an aromatic ring is 1. The second-order valence-corrected chi connectivity index (χ2v) is 3.91. The maximum atomic E-state index is 5.82. The predicted molar refractivity (Wildman–Crippen MR) is 64.6 cm³/mol. The molecule has 16 heavy (non-hydrogen) atoms. The van der Waals surface area contributed by atoms with E-state index in [9.17, 15) is 0 Å². The molecule has 0 aromatic carbocycles. The van der Waals surface area contributed by atoms with Gasteiger partial charge in [0.1, 0.15) is 12.0 Å². The molecule has 2 rings (SSSR count). The zero-order valence-corrected chi connectivity index (χ0v) is 9.62. The largest absolute Gasteiger partial charge is 0.479 e. The van der Waals surface area contributed by atoms with Crippen molar-refractivity contribution in [1.82, 2.24) is 9.97 Å². The van der Waals surface area contributed by atoms with Gasteiger partial charge in [-0.1, -0.05) is 0 Å². The highest BCUT2D eigenvalue weighted by Gasteiger charge is 2.07. The fourth-order valence-electron chi connectivity index (χ4n) is 1.26. The Labute approximate surface area is 97.3 Å². The van der Waals surface area contributed by atoms with Crippen LogP contribution in [0.25, 0.3) is 0 Å². The fourth-order valence-corrected chi connectivity index (χ4v) is 1.93. The number of ether oxygens (including phenoxy) is 1. The molecule has 0 fully saturated rings. The summed E-state index contributed by atoms with van der Waals surface area (Å²) in [4.78, 5) is 7.97. The van der Waals surface area contributed by atoms with Crippen LogP contribution >= 0.6 is 11.3 Å². The predicted octanol–water partition coefficient (Wildman–Crippen LogP) is 1.74. The normalized spacial score (nSPS) is 10.1. The smallest absolute Gasteiger partial charge is 0.242 e. The van der Waals surface area contributed by atoms with Gasteiger partial charge in [0.15, 0.2) is 5.82 Å². The van der Waals surface area contributed by atoms with Crippen molar-refractivity contribution in [1.29, 1.82) is 0 Å². The van der Waals surface area contributed by atoms with Gasteiger partial charge >= 0.3 is 0 Å². The van der Waals surface area contributed by atoms with Crippen molar-refractivity contribution in [2.45, 2.75) is 6.54 Å². The van der Waals surface area contributed by atoms with Gasteiger partial charge in [0.2, 0.25) is 5.88 Å². The van der Waals surface area contributed by atoms with E-state index in [4.69, 9.17) is 10.5 Å². The van der Waals surface area contributed by atoms with E-state index < -0.39 is 0 Å². The highest BCUT2D eigenvalue weighted by atomic mass is 32.1. The molecule has 0 radical (unpaired) electrons. The fraction of sp³-hybridized carbons (Fsp3) is 0.200. The van der Waals surface area contributed by atoms with Crippen molar-refractivity contribution < 1.29 is 4.74 Å². The first-order chi connectivity index (χ1) is 7.81. The van der Waals surface area contributed by atoms with Crippen LogP contribution in [-0.4, -0.2) is 17.1 Å². The minimum Gasteiger partial charge on any atom is -0.479 e. The summed E-state index contributed by atoms with van der Waals surface area (Å²) in [5.74, 6) is 0.987. The molecule has 2 aromatic heterocycles. The molecule has 0 aliphatic heterocycles. The van der Waals surface area contributed by atoms with Gasteiger partial charge in [0.25, 0.3) is 0 Å². The summed E-state index contributed by atoms with van der Waals surface area (Å²) in [5, 5.41) is 7.24. The van der Waals surface area contributed by atoms with Crippen LogP contribution in [0.15, 0.2) is 23.2 Å². The number of nitrogens with zero attached hydrogens (tertiary/aromatic N) is 2. The number of nitrogens with one attached hydrogen (secondary N) is 1. The Bertz CT molecular complexity index is 458. The summed E-state index contributed by atoms with van der Waals surface area (Å²) in [7, 11) is 1.53. The molecule has 6 heteroatoms. The molecule has 2 heterocycles. The van der Waals surface area contributed by atoms with Crippen LogP contribution in [0.1, 0.15) is 5.56 Å². The quantitative estimate of drug-likeness (QED) is 0.846. The van der Waals surface area contributed by atoms with Gasteiger partial charge in [-0.15, -0.1) is 0 Å². The average Bonchev–Trinajstić information content (AvgIpc) is 2.81. The summed E-state index contributed by atoms with van der Waals surface area (Å²) in [6.45, 7) is 0.688. The number of rotatable bonds is 4. The Balaban J connectivity index is 2.09. The summed E-state index contributed by atoms with van der Waals surface area (Å²) in [6, 6.07) is 2.05. The molecular formula is C10H12N4OS. The molecule has 84 valence electrons. The van der Waals surface area contributed by atoms with Gasteiger partial charge in [-0.25, -0.2) is 4.98 Å². The lowest BCUT2D eigenvalue weighted by molar-refractivity contribution is 0.399. The first-order valence-electron chi connectivity index (χ1n) is 4.70. The molecule has 0 amide bonds. The van der Waals surface area contributed by atoms with E-state index in [0.717, 1.165) is 0 Å². The van der Waals surface area contributed by atoms with E-state index in [1.807, 2.05) is 11.4 Å². The van der Waals surface area contributed by atoms with Crippen LogP contribution in [0.2, 0.25) is 0 Å². The lowest BCUT2D eigenvalue weighted by atomic mass is 10.3. The monoisotopic (exact) mass is 236 g/mol. The maximum Gasteiger partial charge on any atom is 0.242 e. The molecule has 0 aliphatic rings. The molecule has 2 aromatic rings. The van der Waals surface area contributed by atoms with Gasteiger partial charge in [-0.05, 0) is 22.4 Å². The van der Waals surface area contributed by atoms with E-state index in [1.54, 1.807) is 11.3 Å². The van der Waals surface area contributed by atoms with Crippen LogP contribution in [0.3, 0.4) is 0 Å². The molecule has 0 aliphatic carbocycles. The number of hydrogen-bond donors (Lipinski definition) is 2. The third-order valence-corrected chi connectivity index (χ3v) is 2.81. The van der Waals surface area contributed by atoms with Crippen molar-refractivity contribution >= 4 is 22.8 Å². The molecule has 0 unspecified atom stereocenters. The van der Waals surface area contributed by atoms with Crippen LogP contribution in [-0.2, 0) is 6.54 Å². The van der Waals surface area contributed by atoms with Gasteiger partial charge < -0.3 is 15.8 Å². The van der Waals surface area contributed by atoms with E-state index in [2.05, 4.69) is 20.7 Å². The van der Waals surface area contributed by atoms with Crippen molar-refractivity contribution in [2.75, 3.05) is 18.2 Å². The van der Waals surface area contributed by atoms with E-state index in [1.165, 1.54) is 19.0 Å². The lowest BCUT2D eigenvalue weighted by Crippen LogP contribution is -2.06. The van der Waals surface area contributed by atoms with Gasteiger partial charge in [-0.2, -0.15) is 16.3 Å². The Morgan fingerprint density at radius 3 is 3.06 bits per heavy atom. The van der Waals surface area contributed by atoms with E-state index in [-0.39, 0.29) is 0 Å². The van der Waals surface area contributed by atoms with Crippen LogP contribution in [0.4, 0.5) is 11.5 Å². The Hall–Kier alpha value is -1.82. The highest BCUT2D eigenvalue weighted by Crippen LogP contribution is 2.24. The van der Waals surface area contributed by atoms with Gasteiger partial charge in [0.05, 0.1) is 7.11 Å². The zero-order valence-electron chi connectivity index (χ0n) is 8.80. The van der Waals surface area contributed by atoms with Crippen molar-refractivity contribution in [3.8, 4) is 5.88 Å². The number of methoxy groups -OCH3 is 1. The Morgan fingerprint density at radius 2 is 2.38 bits per heavy atom. The van der Waals surface area contributed by atoms with Crippen molar-refractivity contribution in [2.24, 2.45) is 0 Å². The van der Waals surface area contributed by atoms with Crippen molar-refractivity contribution in [3.05, 3.63) is 28.7 Å². The number of nitrogens with two attached hydrogens (primary N) is 1. The summed E-state index contributed by atoms with van der Waals surface area (Å²) < 4.78 is 5.01. The molecular weight excluding hydrogens is 224 g/mol. The van der Waals surface area contributed by atoms with E-state index >= 15 is 0 Å². The standard InChI is InChI=1S/C10H12N4OS/c1-15-10-8(11)9(13-6-14-10)12-4-7-2-3-16-5-7/h2-3,5-6H,4,11H2,1H3,(H,12,13,14). The molecule has 0 atom stereocenters. The first-order valence-corrected chi connectivity index (χ1v) is 5.65. The molecule has 3 N–H and O–H groups in total. The van der Waals surface area contributed by atoms with Crippen LogP contribution in [0.5, 0.6) is 5.88 Å². The summed E-state index contributed by atoms with van der Waals surface area (Å²) >= 11 is 1.66. The lowest BCUT2D eigenvalue weighted by Gasteiger charge is -2.09. The Kier molecular flexibility index (Phi) is 3.21. The molecule has 0 saturated carbocycles. The number of hydrogen-bond acceptors (Lipinski definition) is 6. The first kappa shape index (κ1) is 10.7. The summed E-state index contributed by atoms with van der Waals surface area (Å²) in [6.07, 6.45) is 1.42.